The zero-order valence-corrected chi connectivity index (χ0v) is 12.9. The van der Waals surface area contributed by atoms with Crippen molar-refractivity contribution in [1.82, 2.24) is 9.88 Å². The first-order chi connectivity index (χ1) is 10.3. The number of carbonyl (C=O) groups excluding carboxylic acids is 1. The van der Waals surface area contributed by atoms with Crippen molar-refractivity contribution in [3.05, 3.63) is 29.6 Å². The number of amides is 1. The van der Waals surface area contributed by atoms with Crippen molar-refractivity contribution >= 4 is 11.9 Å². The fourth-order valence-electron chi connectivity index (χ4n) is 2.55. The van der Waals surface area contributed by atoms with Crippen LogP contribution in [0.25, 0.3) is 0 Å². The van der Waals surface area contributed by atoms with E-state index in [9.17, 15) is 9.59 Å². The third-order valence-corrected chi connectivity index (χ3v) is 3.35. The van der Waals surface area contributed by atoms with Gasteiger partial charge in [-0.05, 0) is 26.0 Å². The van der Waals surface area contributed by atoms with E-state index < -0.39 is 11.6 Å². The van der Waals surface area contributed by atoms with E-state index >= 15 is 0 Å². The summed E-state index contributed by atoms with van der Waals surface area (Å²) in [6, 6.07) is 2.81. The van der Waals surface area contributed by atoms with Crippen LogP contribution < -0.4 is 0 Å². The fraction of sp³-hybridized carbons (Fsp3) is 0.533. The smallest absolute Gasteiger partial charge is 0.354 e. The van der Waals surface area contributed by atoms with E-state index in [0.717, 1.165) is 0 Å². The molecule has 1 aliphatic heterocycles. The van der Waals surface area contributed by atoms with Gasteiger partial charge < -0.3 is 19.5 Å². The highest BCUT2D eigenvalue weighted by atomic mass is 16.5. The summed E-state index contributed by atoms with van der Waals surface area (Å²) in [6.45, 7) is 5.12. The molecule has 1 aromatic heterocycles. The number of ether oxygens (including phenoxy) is 2. The number of nitrogens with zero attached hydrogens (tertiary/aromatic N) is 2. The Morgan fingerprint density at radius 3 is 2.77 bits per heavy atom. The maximum atomic E-state index is 12.6. The summed E-state index contributed by atoms with van der Waals surface area (Å²) in [5, 5.41) is 8.84. The predicted molar refractivity (Wildman–Crippen MR) is 77.9 cm³/mol. The molecule has 0 spiro atoms. The van der Waals surface area contributed by atoms with Crippen molar-refractivity contribution in [1.29, 1.82) is 0 Å². The van der Waals surface area contributed by atoms with Crippen LogP contribution in [0.15, 0.2) is 18.3 Å². The minimum absolute atomic E-state index is 0.0869. The molecule has 2 heterocycles. The molecule has 0 radical (unpaired) electrons. The first-order valence-corrected chi connectivity index (χ1v) is 6.98. The lowest BCUT2D eigenvalue weighted by atomic mass is 10.0. The zero-order chi connectivity index (χ0) is 16.3. The molecule has 22 heavy (non-hydrogen) atoms. The van der Waals surface area contributed by atoms with E-state index in [4.69, 9.17) is 14.6 Å². The molecule has 1 aliphatic rings. The Kier molecular flexibility index (Phi) is 4.77. The largest absolute Gasteiger partial charge is 0.477 e. The molecule has 7 nitrogen and oxygen atoms in total. The molecular formula is C15H20N2O5. The molecule has 0 saturated carbocycles. The monoisotopic (exact) mass is 308 g/mol. The zero-order valence-electron chi connectivity index (χ0n) is 12.9. The number of carbonyl (C=O) groups is 2. The first kappa shape index (κ1) is 16.4. The van der Waals surface area contributed by atoms with Gasteiger partial charge in [-0.3, -0.25) is 4.79 Å². The number of hydrogen-bond donors (Lipinski definition) is 1. The first-order valence-electron chi connectivity index (χ1n) is 6.98. The lowest BCUT2D eigenvalue weighted by Crippen LogP contribution is -2.55. The van der Waals surface area contributed by atoms with Gasteiger partial charge in [-0.15, -0.1) is 0 Å². The molecule has 0 aromatic carbocycles. The van der Waals surface area contributed by atoms with E-state index in [1.165, 1.54) is 18.3 Å². The molecule has 1 aromatic rings. The third-order valence-electron chi connectivity index (χ3n) is 3.35. The molecule has 1 atom stereocenters. The molecule has 1 amide bonds. The second kappa shape index (κ2) is 6.41. The van der Waals surface area contributed by atoms with Gasteiger partial charge in [-0.2, -0.15) is 0 Å². The number of carboxylic acids is 1. The lowest BCUT2D eigenvalue weighted by Gasteiger charge is -2.42. The van der Waals surface area contributed by atoms with Gasteiger partial charge in [0.25, 0.3) is 5.91 Å². The minimum atomic E-state index is -1.12. The highest BCUT2D eigenvalue weighted by Crippen LogP contribution is 2.22. The molecule has 0 aliphatic carbocycles. The molecule has 2 rings (SSSR count). The maximum absolute atomic E-state index is 12.6. The molecule has 1 unspecified atom stereocenters. The van der Waals surface area contributed by atoms with E-state index in [2.05, 4.69) is 4.98 Å². The van der Waals surface area contributed by atoms with E-state index in [-0.39, 0.29) is 17.7 Å². The normalized spacial score (nSPS) is 20.7. The van der Waals surface area contributed by atoms with Crippen molar-refractivity contribution in [2.45, 2.75) is 25.6 Å². The topological polar surface area (TPSA) is 89.0 Å². The van der Waals surface area contributed by atoms with E-state index in [0.29, 0.717) is 25.3 Å². The van der Waals surface area contributed by atoms with Crippen molar-refractivity contribution in [2.24, 2.45) is 0 Å². The molecule has 1 N–H and O–H groups in total. The van der Waals surface area contributed by atoms with E-state index in [1.54, 1.807) is 12.0 Å². The Balaban J connectivity index is 2.14. The van der Waals surface area contributed by atoms with Crippen LogP contribution in [-0.4, -0.2) is 65.4 Å². The number of methoxy groups -OCH3 is 1. The van der Waals surface area contributed by atoms with Crippen LogP contribution in [0.3, 0.4) is 0 Å². The molecule has 1 fully saturated rings. The molecular weight excluding hydrogens is 288 g/mol. The summed E-state index contributed by atoms with van der Waals surface area (Å²) in [4.78, 5) is 28.8. The molecule has 0 bridgehead atoms. The average Bonchev–Trinajstić information content (AvgIpc) is 2.45. The van der Waals surface area contributed by atoms with Crippen molar-refractivity contribution in [3.8, 4) is 0 Å². The Morgan fingerprint density at radius 2 is 2.23 bits per heavy atom. The van der Waals surface area contributed by atoms with Gasteiger partial charge in [0.2, 0.25) is 0 Å². The summed E-state index contributed by atoms with van der Waals surface area (Å²) >= 11 is 0. The molecule has 1 saturated heterocycles. The third kappa shape index (κ3) is 3.80. The number of aromatic carboxylic acids is 1. The Morgan fingerprint density at radius 1 is 1.50 bits per heavy atom. The summed E-state index contributed by atoms with van der Waals surface area (Å²) in [6.07, 6.45) is 1.10. The molecule has 7 heteroatoms. The van der Waals surface area contributed by atoms with Gasteiger partial charge in [0.05, 0.1) is 23.9 Å². The van der Waals surface area contributed by atoms with Crippen LogP contribution in [0.4, 0.5) is 0 Å². The standard InChI is InChI=1S/C15H20N2O5/c1-15(2)9-17(7-11(22-15)8-21-3)13(18)10-4-5-12(14(19)20)16-6-10/h4-6,11H,7-9H2,1-3H3,(H,19,20). The number of aromatic nitrogens is 1. The van der Waals surface area contributed by atoms with Crippen molar-refractivity contribution in [3.63, 3.8) is 0 Å². The SMILES string of the molecule is COCC1CN(C(=O)c2ccc(C(=O)O)nc2)CC(C)(C)O1. The van der Waals surface area contributed by atoms with Gasteiger partial charge in [0, 0.05) is 26.4 Å². The fourth-order valence-corrected chi connectivity index (χ4v) is 2.55. The van der Waals surface area contributed by atoms with Gasteiger partial charge in [0.1, 0.15) is 5.69 Å². The van der Waals surface area contributed by atoms with Gasteiger partial charge in [-0.1, -0.05) is 0 Å². The van der Waals surface area contributed by atoms with Crippen LogP contribution in [0.5, 0.6) is 0 Å². The number of rotatable bonds is 4. The Bertz CT molecular complexity index is 556. The van der Waals surface area contributed by atoms with Crippen LogP contribution >= 0.6 is 0 Å². The second-order valence-electron chi connectivity index (χ2n) is 5.88. The Hall–Kier alpha value is -1.99. The van der Waals surface area contributed by atoms with Gasteiger partial charge >= 0.3 is 5.97 Å². The number of pyridine rings is 1. The number of carboxylic acid groups (broad SMARTS) is 1. The van der Waals surface area contributed by atoms with Crippen LogP contribution in [0, 0.1) is 0 Å². The van der Waals surface area contributed by atoms with Crippen LogP contribution in [-0.2, 0) is 9.47 Å². The summed E-state index contributed by atoms with van der Waals surface area (Å²) in [7, 11) is 1.59. The van der Waals surface area contributed by atoms with Crippen LogP contribution in [0.2, 0.25) is 0 Å². The van der Waals surface area contributed by atoms with Gasteiger partial charge in [-0.25, -0.2) is 9.78 Å². The van der Waals surface area contributed by atoms with Crippen molar-refractivity contribution in [2.75, 3.05) is 26.8 Å². The summed E-state index contributed by atoms with van der Waals surface area (Å²) in [5.74, 6) is -1.31. The lowest BCUT2D eigenvalue weighted by molar-refractivity contribution is -0.143. The average molecular weight is 308 g/mol. The number of morpholine rings is 1. The second-order valence-corrected chi connectivity index (χ2v) is 5.88. The van der Waals surface area contributed by atoms with Crippen molar-refractivity contribution < 1.29 is 24.2 Å². The maximum Gasteiger partial charge on any atom is 0.354 e. The molecule has 120 valence electrons. The minimum Gasteiger partial charge on any atom is -0.477 e. The highest BCUT2D eigenvalue weighted by Gasteiger charge is 2.35. The summed E-state index contributed by atoms with van der Waals surface area (Å²) in [5.41, 5.74) is -0.194. The van der Waals surface area contributed by atoms with E-state index in [1.807, 2.05) is 13.8 Å². The summed E-state index contributed by atoms with van der Waals surface area (Å²) < 4.78 is 11.0. The Labute approximate surface area is 128 Å². The predicted octanol–water partition coefficient (Wildman–Crippen LogP) is 1.05. The number of hydrogen-bond acceptors (Lipinski definition) is 5. The van der Waals surface area contributed by atoms with Crippen LogP contribution in [0.1, 0.15) is 34.7 Å². The van der Waals surface area contributed by atoms with Gasteiger partial charge in [0.15, 0.2) is 0 Å². The quantitative estimate of drug-likeness (QED) is 0.894. The highest BCUT2D eigenvalue weighted by molar-refractivity contribution is 5.95.